The molecule has 112 valence electrons. The molecule has 0 bridgehead atoms. The Kier molecular flexibility index (Phi) is 4.12. The van der Waals surface area contributed by atoms with E-state index in [1.165, 1.54) is 5.69 Å². The zero-order chi connectivity index (χ0) is 14.8. The first-order valence-electron chi connectivity index (χ1n) is 7.35. The molecule has 2 aromatic rings. The Labute approximate surface area is 129 Å². The highest BCUT2D eigenvalue weighted by Crippen LogP contribution is 2.31. The largest absolute Gasteiger partial charge is 0.388 e. The fourth-order valence-corrected chi connectivity index (χ4v) is 3.77. The minimum absolute atomic E-state index is 0.429. The van der Waals surface area contributed by atoms with Gasteiger partial charge in [-0.25, -0.2) is 4.98 Å². The maximum atomic E-state index is 9.75. The molecule has 2 heterocycles. The second-order valence-corrected chi connectivity index (χ2v) is 6.44. The maximum absolute atomic E-state index is 9.75. The highest BCUT2D eigenvalue weighted by molar-refractivity contribution is 7.15. The normalized spacial score (nSPS) is 17.1. The lowest BCUT2D eigenvalue weighted by atomic mass is 10.2. The number of hydrogen-bond donors (Lipinski definition) is 1. The number of thiazole rings is 1. The van der Waals surface area contributed by atoms with Crippen LogP contribution in [0.4, 0.5) is 10.8 Å². The Bertz CT molecular complexity index is 589. The van der Waals surface area contributed by atoms with Gasteiger partial charge in [0.05, 0.1) is 16.7 Å². The number of para-hydroxylation sites is 1. The van der Waals surface area contributed by atoms with Gasteiger partial charge in [-0.3, -0.25) is 0 Å². The van der Waals surface area contributed by atoms with Crippen molar-refractivity contribution in [1.29, 1.82) is 0 Å². The van der Waals surface area contributed by atoms with Gasteiger partial charge in [-0.15, -0.1) is 0 Å². The van der Waals surface area contributed by atoms with Crippen LogP contribution in [0, 0.1) is 6.92 Å². The summed E-state index contributed by atoms with van der Waals surface area (Å²) in [6.45, 7) is 7.74. The van der Waals surface area contributed by atoms with E-state index in [-0.39, 0.29) is 0 Å². The van der Waals surface area contributed by atoms with Crippen molar-refractivity contribution in [1.82, 2.24) is 4.98 Å². The van der Waals surface area contributed by atoms with Gasteiger partial charge in [0.25, 0.3) is 0 Å². The third-order valence-electron chi connectivity index (χ3n) is 3.87. The van der Waals surface area contributed by atoms with Crippen molar-refractivity contribution >= 4 is 22.2 Å². The van der Waals surface area contributed by atoms with Crippen LogP contribution in [0.1, 0.15) is 23.6 Å². The predicted molar refractivity (Wildman–Crippen MR) is 88.4 cm³/mol. The van der Waals surface area contributed by atoms with Crippen LogP contribution in [-0.4, -0.2) is 36.3 Å². The van der Waals surface area contributed by atoms with Crippen molar-refractivity contribution in [2.24, 2.45) is 0 Å². The predicted octanol–water partition coefficient (Wildman–Crippen LogP) is 2.83. The molecule has 0 spiro atoms. The molecule has 1 unspecified atom stereocenters. The number of benzene rings is 1. The molecular formula is C16H21N3OS. The van der Waals surface area contributed by atoms with Gasteiger partial charge in [0.15, 0.2) is 5.13 Å². The summed E-state index contributed by atoms with van der Waals surface area (Å²) in [5.41, 5.74) is 2.24. The van der Waals surface area contributed by atoms with E-state index < -0.39 is 6.10 Å². The monoisotopic (exact) mass is 303 g/mol. The highest BCUT2D eigenvalue weighted by atomic mass is 32.1. The minimum Gasteiger partial charge on any atom is -0.388 e. The number of anilines is 2. The quantitative estimate of drug-likeness (QED) is 0.946. The molecule has 1 saturated heterocycles. The SMILES string of the molecule is Cc1nc(N2CCN(c3ccccc3)CC2)sc1C(C)O. The summed E-state index contributed by atoms with van der Waals surface area (Å²) in [7, 11) is 0. The number of piperazine rings is 1. The standard InChI is InChI=1S/C16H21N3OS/c1-12-15(13(2)20)21-16(17-12)19-10-8-18(9-11-19)14-6-4-3-5-7-14/h3-7,13,20H,8-11H2,1-2H3. The van der Waals surface area contributed by atoms with Crippen LogP contribution in [0.2, 0.25) is 0 Å². The van der Waals surface area contributed by atoms with Gasteiger partial charge in [0.1, 0.15) is 0 Å². The van der Waals surface area contributed by atoms with E-state index in [0.717, 1.165) is 41.9 Å². The van der Waals surface area contributed by atoms with Gasteiger partial charge in [0.2, 0.25) is 0 Å². The molecule has 0 saturated carbocycles. The molecule has 0 aliphatic carbocycles. The Hall–Kier alpha value is -1.59. The van der Waals surface area contributed by atoms with E-state index in [2.05, 4.69) is 45.1 Å². The number of rotatable bonds is 3. The van der Waals surface area contributed by atoms with Crippen LogP contribution in [-0.2, 0) is 0 Å². The summed E-state index contributed by atoms with van der Waals surface area (Å²) in [5, 5.41) is 10.8. The first-order chi connectivity index (χ1) is 10.1. The van der Waals surface area contributed by atoms with Gasteiger partial charge in [-0.2, -0.15) is 0 Å². The molecule has 3 rings (SSSR count). The second kappa shape index (κ2) is 6.03. The fraction of sp³-hybridized carbons (Fsp3) is 0.438. The van der Waals surface area contributed by atoms with Gasteiger partial charge in [-0.1, -0.05) is 29.5 Å². The molecule has 1 aliphatic rings. The number of hydrogen-bond acceptors (Lipinski definition) is 5. The topological polar surface area (TPSA) is 39.6 Å². The van der Waals surface area contributed by atoms with Crippen molar-refractivity contribution in [3.05, 3.63) is 40.9 Å². The maximum Gasteiger partial charge on any atom is 0.185 e. The van der Waals surface area contributed by atoms with Crippen LogP contribution in [0.3, 0.4) is 0 Å². The summed E-state index contributed by atoms with van der Waals surface area (Å²) in [5.74, 6) is 0. The first-order valence-corrected chi connectivity index (χ1v) is 8.17. The summed E-state index contributed by atoms with van der Waals surface area (Å²) in [6.07, 6.45) is -0.429. The zero-order valence-corrected chi connectivity index (χ0v) is 13.3. The lowest BCUT2D eigenvalue weighted by molar-refractivity contribution is 0.202. The summed E-state index contributed by atoms with van der Waals surface area (Å²) in [4.78, 5) is 10.3. The molecule has 0 radical (unpaired) electrons. The van der Waals surface area contributed by atoms with Gasteiger partial charge < -0.3 is 14.9 Å². The molecule has 5 heteroatoms. The van der Waals surface area contributed by atoms with E-state index in [4.69, 9.17) is 0 Å². The number of aliphatic hydroxyl groups is 1. The second-order valence-electron chi connectivity index (χ2n) is 5.43. The van der Waals surface area contributed by atoms with E-state index in [0.29, 0.717) is 0 Å². The number of aryl methyl sites for hydroxylation is 1. The van der Waals surface area contributed by atoms with Crippen molar-refractivity contribution < 1.29 is 5.11 Å². The Morgan fingerprint density at radius 1 is 1.10 bits per heavy atom. The smallest absolute Gasteiger partial charge is 0.185 e. The zero-order valence-electron chi connectivity index (χ0n) is 12.5. The third kappa shape index (κ3) is 3.04. The van der Waals surface area contributed by atoms with E-state index >= 15 is 0 Å². The number of nitrogens with zero attached hydrogens (tertiary/aromatic N) is 3. The Morgan fingerprint density at radius 2 is 1.71 bits per heavy atom. The van der Waals surface area contributed by atoms with E-state index in [1.54, 1.807) is 18.3 Å². The molecule has 1 aromatic heterocycles. The van der Waals surface area contributed by atoms with Crippen LogP contribution in [0.15, 0.2) is 30.3 Å². The molecule has 1 N–H and O–H groups in total. The number of aromatic nitrogens is 1. The average molecular weight is 303 g/mol. The first kappa shape index (κ1) is 14.4. The van der Waals surface area contributed by atoms with E-state index in [9.17, 15) is 5.11 Å². The molecule has 21 heavy (non-hydrogen) atoms. The van der Waals surface area contributed by atoms with Crippen molar-refractivity contribution in [2.75, 3.05) is 36.0 Å². The summed E-state index contributed by atoms with van der Waals surface area (Å²) < 4.78 is 0. The summed E-state index contributed by atoms with van der Waals surface area (Å²) >= 11 is 1.62. The van der Waals surface area contributed by atoms with Crippen LogP contribution < -0.4 is 9.80 Å². The van der Waals surface area contributed by atoms with Gasteiger partial charge >= 0.3 is 0 Å². The molecule has 1 fully saturated rings. The number of aliphatic hydroxyl groups excluding tert-OH is 1. The van der Waals surface area contributed by atoms with Gasteiger partial charge in [0, 0.05) is 31.9 Å². The molecule has 4 nitrogen and oxygen atoms in total. The Balaban J connectivity index is 1.67. The molecule has 0 amide bonds. The van der Waals surface area contributed by atoms with Crippen LogP contribution in [0.5, 0.6) is 0 Å². The Morgan fingerprint density at radius 3 is 2.29 bits per heavy atom. The van der Waals surface area contributed by atoms with Crippen molar-refractivity contribution in [2.45, 2.75) is 20.0 Å². The van der Waals surface area contributed by atoms with Crippen LogP contribution in [0.25, 0.3) is 0 Å². The van der Waals surface area contributed by atoms with Crippen molar-refractivity contribution in [3.8, 4) is 0 Å². The molecule has 1 atom stereocenters. The third-order valence-corrected chi connectivity index (χ3v) is 5.26. The van der Waals surface area contributed by atoms with E-state index in [1.807, 2.05) is 6.92 Å². The molecular weight excluding hydrogens is 282 g/mol. The molecule has 1 aromatic carbocycles. The summed E-state index contributed by atoms with van der Waals surface area (Å²) in [6, 6.07) is 10.5. The minimum atomic E-state index is -0.429. The van der Waals surface area contributed by atoms with Gasteiger partial charge in [-0.05, 0) is 26.0 Å². The fourth-order valence-electron chi connectivity index (χ4n) is 2.71. The highest BCUT2D eigenvalue weighted by Gasteiger charge is 2.21. The average Bonchev–Trinajstić information content (AvgIpc) is 2.90. The lowest BCUT2D eigenvalue weighted by Gasteiger charge is -2.36. The van der Waals surface area contributed by atoms with Crippen molar-refractivity contribution in [3.63, 3.8) is 0 Å². The lowest BCUT2D eigenvalue weighted by Crippen LogP contribution is -2.46. The van der Waals surface area contributed by atoms with Crippen LogP contribution >= 0.6 is 11.3 Å². The molecule has 1 aliphatic heterocycles.